The van der Waals surface area contributed by atoms with E-state index in [4.69, 9.17) is 10.5 Å². The maximum atomic E-state index is 12.3. The van der Waals surface area contributed by atoms with Crippen molar-refractivity contribution in [2.45, 2.75) is 65.9 Å². The highest BCUT2D eigenvalue weighted by Gasteiger charge is 2.45. The fraction of sp³-hybridized carbons (Fsp3) is 0.929. The van der Waals surface area contributed by atoms with Gasteiger partial charge in [0.1, 0.15) is 5.60 Å². The van der Waals surface area contributed by atoms with Gasteiger partial charge in [0.05, 0.1) is 5.41 Å². The standard InChI is InChI=1S/C14H27NO2/c1-12(2,3)17-11(16)14(10-15)8-6-13(4,5)7-9-14/h6-10,15H2,1-5H3. The van der Waals surface area contributed by atoms with Crippen LogP contribution in [0.3, 0.4) is 0 Å². The lowest BCUT2D eigenvalue weighted by molar-refractivity contribution is -0.170. The minimum Gasteiger partial charge on any atom is -0.460 e. The van der Waals surface area contributed by atoms with Gasteiger partial charge in [0.2, 0.25) is 0 Å². The van der Waals surface area contributed by atoms with Crippen molar-refractivity contribution in [3.8, 4) is 0 Å². The van der Waals surface area contributed by atoms with Crippen LogP contribution in [-0.2, 0) is 9.53 Å². The molecule has 1 aliphatic rings. The summed E-state index contributed by atoms with van der Waals surface area (Å²) < 4.78 is 5.52. The topological polar surface area (TPSA) is 52.3 Å². The Labute approximate surface area is 105 Å². The number of rotatable bonds is 2. The lowest BCUT2D eigenvalue weighted by atomic mass is 9.65. The first kappa shape index (κ1) is 14.5. The third kappa shape index (κ3) is 3.70. The molecule has 1 saturated carbocycles. The first-order chi connectivity index (χ1) is 7.60. The van der Waals surface area contributed by atoms with E-state index in [-0.39, 0.29) is 5.97 Å². The van der Waals surface area contributed by atoms with E-state index in [9.17, 15) is 4.79 Å². The van der Waals surface area contributed by atoms with E-state index in [1.165, 1.54) is 0 Å². The van der Waals surface area contributed by atoms with E-state index in [1.54, 1.807) is 0 Å². The van der Waals surface area contributed by atoms with Crippen LogP contribution in [0.25, 0.3) is 0 Å². The average Bonchev–Trinajstić information content (AvgIpc) is 2.16. The van der Waals surface area contributed by atoms with Crippen LogP contribution in [0.1, 0.15) is 60.3 Å². The molecule has 3 heteroatoms. The molecule has 0 amide bonds. The lowest BCUT2D eigenvalue weighted by Gasteiger charge is -2.42. The minimum atomic E-state index is -0.442. The Morgan fingerprint density at radius 3 is 2.00 bits per heavy atom. The minimum absolute atomic E-state index is 0.108. The first-order valence-corrected chi connectivity index (χ1v) is 6.54. The number of esters is 1. The van der Waals surface area contributed by atoms with E-state index in [0.29, 0.717) is 12.0 Å². The van der Waals surface area contributed by atoms with E-state index >= 15 is 0 Å². The molecule has 3 nitrogen and oxygen atoms in total. The van der Waals surface area contributed by atoms with Crippen molar-refractivity contribution >= 4 is 5.97 Å². The molecule has 0 aliphatic heterocycles. The molecule has 17 heavy (non-hydrogen) atoms. The van der Waals surface area contributed by atoms with E-state index in [1.807, 2.05) is 20.8 Å². The van der Waals surface area contributed by atoms with Crippen LogP contribution >= 0.6 is 0 Å². The molecule has 0 atom stereocenters. The quantitative estimate of drug-likeness (QED) is 0.756. The molecule has 0 spiro atoms. The molecule has 0 bridgehead atoms. The number of hydrogen-bond acceptors (Lipinski definition) is 3. The molecule has 0 heterocycles. The van der Waals surface area contributed by atoms with Gasteiger partial charge in [0.25, 0.3) is 0 Å². The van der Waals surface area contributed by atoms with Gasteiger partial charge in [-0.1, -0.05) is 13.8 Å². The molecule has 0 aromatic rings. The zero-order valence-electron chi connectivity index (χ0n) is 11.9. The van der Waals surface area contributed by atoms with Crippen molar-refractivity contribution in [1.29, 1.82) is 0 Å². The largest absolute Gasteiger partial charge is 0.460 e. The van der Waals surface area contributed by atoms with Crippen molar-refractivity contribution in [3.05, 3.63) is 0 Å². The Morgan fingerprint density at radius 2 is 1.65 bits per heavy atom. The third-order valence-corrected chi connectivity index (χ3v) is 3.78. The van der Waals surface area contributed by atoms with Crippen molar-refractivity contribution < 1.29 is 9.53 Å². The molecule has 0 radical (unpaired) electrons. The molecule has 0 unspecified atom stereocenters. The van der Waals surface area contributed by atoms with Gasteiger partial charge < -0.3 is 10.5 Å². The van der Waals surface area contributed by atoms with Gasteiger partial charge in [-0.25, -0.2) is 0 Å². The molecule has 0 aromatic heterocycles. The summed E-state index contributed by atoms with van der Waals surface area (Å²) in [5.74, 6) is -0.108. The Kier molecular flexibility index (Phi) is 3.92. The first-order valence-electron chi connectivity index (χ1n) is 6.54. The monoisotopic (exact) mass is 241 g/mol. The number of hydrogen-bond donors (Lipinski definition) is 1. The fourth-order valence-corrected chi connectivity index (χ4v) is 2.28. The number of ether oxygens (including phenoxy) is 1. The van der Waals surface area contributed by atoms with Crippen LogP contribution in [0.5, 0.6) is 0 Å². The van der Waals surface area contributed by atoms with Crippen LogP contribution in [0, 0.1) is 10.8 Å². The molecule has 100 valence electrons. The van der Waals surface area contributed by atoms with Gasteiger partial charge >= 0.3 is 5.97 Å². The van der Waals surface area contributed by atoms with Gasteiger partial charge in [-0.15, -0.1) is 0 Å². The average molecular weight is 241 g/mol. The molecule has 1 aliphatic carbocycles. The van der Waals surface area contributed by atoms with Crippen molar-refractivity contribution in [2.24, 2.45) is 16.6 Å². The van der Waals surface area contributed by atoms with Crippen LogP contribution in [-0.4, -0.2) is 18.1 Å². The highest BCUT2D eigenvalue weighted by atomic mass is 16.6. The summed E-state index contributed by atoms with van der Waals surface area (Å²) in [4.78, 5) is 12.3. The SMILES string of the molecule is CC1(C)CCC(CN)(C(=O)OC(C)(C)C)CC1. The lowest BCUT2D eigenvalue weighted by Crippen LogP contribution is -2.46. The predicted molar refractivity (Wildman–Crippen MR) is 69.6 cm³/mol. The Bertz CT molecular complexity index is 279. The van der Waals surface area contributed by atoms with E-state index in [2.05, 4.69) is 13.8 Å². The highest BCUT2D eigenvalue weighted by molar-refractivity contribution is 5.77. The Morgan fingerprint density at radius 1 is 1.18 bits per heavy atom. The molecule has 1 rings (SSSR count). The van der Waals surface area contributed by atoms with Crippen molar-refractivity contribution in [3.63, 3.8) is 0 Å². The van der Waals surface area contributed by atoms with Gasteiger partial charge in [0.15, 0.2) is 0 Å². The van der Waals surface area contributed by atoms with Crippen molar-refractivity contribution in [2.75, 3.05) is 6.54 Å². The summed E-state index contributed by atoms with van der Waals surface area (Å²) in [6.07, 6.45) is 3.80. The third-order valence-electron chi connectivity index (χ3n) is 3.78. The molecular formula is C14H27NO2. The zero-order valence-corrected chi connectivity index (χ0v) is 11.9. The Hall–Kier alpha value is -0.570. The normalized spacial score (nSPS) is 23.2. The van der Waals surface area contributed by atoms with Gasteiger partial charge in [-0.3, -0.25) is 4.79 Å². The van der Waals surface area contributed by atoms with E-state index in [0.717, 1.165) is 25.7 Å². The molecular weight excluding hydrogens is 214 g/mol. The summed E-state index contributed by atoms with van der Waals surface area (Å²) in [7, 11) is 0. The second kappa shape index (κ2) is 4.60. The zero-order chi connectivity index (χ0) is 13.3. The summed E-state index contributed by atoms with van der Waals surface area (Å²) in [5, 5.41) is 0. The fourth-order valence-electron chi connectivity index (χ4n) is 2.28. The molecule has 1 fully saturated rings. The summed E-state index contributed by atoms with van der Waals surface area (Å²) >= 11 is 0. The highest BCUT2D eigenvalue weighted by Crippen LogP contribution is 2.45. The van der Waals surface area contributed by atoms with Crippen LogP contribution < -0.4 is 5.73 Å². The second-order valence-electron chi connectivity index (χ2n) is 7.15. The number of carbonyl (C=O) groups excluding carboxylic acids is 1. The summed E-state index contributed by atoms with van der Waals surface area (Å²) in [6.45, 7) is 10.6. The number of carbonyl (C=O) groups is 1. The predicted octanol–water partition coefficient (Wildman–Crippen LogP) is 2.87. The summed E-state index contributed by atoms with van der Waals surface area (Å²) in [5.41, 5.74) is 5.31. The van der Waals surface area contributed by atoms with Gasteiger partial charge in [-0.2, -0.15) is 0 Å². The van der Waals surface area contributed by atoms with Gasteiger partial charge in [-0.05, 0) is 51.9 Å². The van der Waals surface area contributed by atoms with Crippen molar-refractivity contribution in [1.82, 2.24) is 0 Å². The second-order valence-corrected chi connectivity index (χ2v) is 7.15. The van der Waals surface area contributed by atoms with Crippen LogP contribution in [0.4, 0.5) is 0 Å². The smallest absolute Gasteiger partial charge is 0.313 e. The molecule has 0 aromatic carbocycles. The molecule has 0 saturated heterocycles. The van der Waals surface area contributed by atoms with Crippen LogP contribution in [0.15, 0.2) is 0 Å². The Balaban J connectivity index is 2.74. The van der Waals surface area contributed by atoms with E-state index < -0.39 is 11.0 Å². The maximum absolute atomic E-state index is 12.3. The molecule has 2 N–H and O–H groups in total. The number of nitrogens with two attached hydrogens (primary N) is 1. The van der Waals surface area contributed by atoms with Crippen LogP contribution in [0.2, 0.25) is 0 Å². The maximum Gasteiger partial charge on any atom is 0.313 e. The summed E-state index contributed by atoms with van der Waals surface area (Å²) in [6, 6.07) is 0. The van der Waals surface area contributed by atoms with Gasteiger partial charge in [0, 0.05) is 6.54 Å².